The molecule has 2 N–H and O–H groups in total. The Balaban J connectivity index is 1.48. The Morgan fingerprint density at radius 2 is 1.50 bits per heavy atom. The molecule has 1 fully saturated rings. The monoisotopic (exact) mass is 431 g/mol. The molecule has 2 aromatic carbocycles. The molecule has 0 atom stereocenters. The number of hydrogen-bond donors (Lipinski definition) is 2. The highest BCUT2D eigenvalue weighted by atomic mass is 32.2. The summed E-state index contributed by atoms with van der Waals surface area (Å²) >= 11 is 0. The smallest absolute Gasteiger partial charge is 0.338 e. The van der Waals surface area contributed by atoms with Gasteiger partial charge < -0.3 is 4.74 Å². The molecule has 0 aliphatic carbocycles. The predicted octanol–water partition coefficient (Wildman–Crippen LogP) is 1.09. The van der Waals surface area contributed by atoms with Crippen LogP contribution in [0.1, 0.15) is 33.6 Å². The average Bonchev–Trinajstić information content (AvgIpc) is 3.32. The highest BCUT2D eigenvalue weighted by Gasteiger charge is 2.27. The number of esters is 1. The van der Waals surface area contributed by atoms with E-state index in [1.165, 1.54) is 28.6 Å². The van der Waals surface area contributed by atoms with E-state index in [0.717, 1.165) is 12.8 Å². The molecule has 3 rings (SSSR count). The molecule has 158 valence electrons. The van der Waals surface area contributed by atoms with E-state index in [-0.39, 0.29) is 10.5 Å². The van der Waals surface area contributed by atoms with Crippen molar-refractivity contribution in [1.29, 1.82) is 0 Å². The van der Waals surface area contributed by atoms with Gasteiger partial charge in [-0.2, -0.15) is 4.31 Å². The van der Waals surface area contributed by atoms with Gasteiger partial charge in [-0.25, -0.2) is 13.2 Å². The summed E-state index contributed by atoms with van der Waals surface area (Å²) in [7, 11) is -3.57. The van der Waals surface area contributed by atoms with E-state index in [4.69, 9.17) is 4.74 Å². The van der Waals surface area contributed by atoms with Gasteiger partial charge in [0.2, 0.25) is 10.0 Å². The molecule has 30 heavy (non-hydrogen) atoms. The topological polar surface area (TPSA) is 122 Å². The Hall–Kier alpha value is -3.24. The lowest BCUT2D eigenvalue weighted by atomic mass is 10.2. The summed E-state index contributed by atoms with van der Waals surface area (Å²) in [6, 6.07) is 13.6. The third-order valence-corrected chi connectivity index (χ3v) is 6.39. The fourth-order valence-electron chi connectivity index (χ4n) is 2.88. The molecule has 10 heteroatoms. The van der Waals surface area contributed by atoms with Crippen molar-refractivity contribution in [2.75, 3.05) is 19.7 Å². The minimum Gasteiger partial charge on any atom is -0.452 e. The van der Waals surface area contributed by atoms with E-state index in [1.807, 2.05) is 0 Å². The summed E-state index contributed by atoms with van der Waals surface area (Å²) in [4.78, 5) is 35.8. The Morgan fingerprint density at radius 3 is 2.13 bits per heavy atom. The summed E-state index contributed by atoms with van der Waals surface area (Å²) in [5.41, 5.74) is 4.83. The summed E-state index contributed by atoms with van der Waals surface area (Å²) in [5.74, 6) is -2.02. The lowest BCUT2D eigenvalue weighted by Gasteiger charge is -2.15. The van der Waals surface area contributed by atoms with Crippen LogP contribution in [0.2, 0.25) is 0 Å². The number of hydrogen-bond acceptors (Lipinski definition) is 6. The molecule has 0 radical (unpaired) electrons. The standard InChI is InChI=1S/C20H21N3O6S/c24-18(21-22-19(25)15-6-2-1-3-7-15)14-29-20(26)16-8-10-17(11-9-16)30(27,28)23-12-4-5-13-23/h1-3,6-11H,4-5,12-14H2,(H,21,24)(H,22,25). The van der Waals surface area contributed by atoms with Crippen molar-refractivity contribution in [2.24, 2.45) is 0 Å². The van der Waals surface area contributed by atoms with Gasteiger partial charge in [0.15, 0.2) is 6.61 Å². The van der Waals surface area contributed by atoms with Gasteiger partial charge in [-0.05, 0) is 49.2 Å². The number of amides is 2. The molecule has 1 heterocycles. The molecular weight excluding hydrogens is 410 g/mol. The first-order chi connectivity index (χ1) is 14.4. The molecule has 1 aliphatic rings. The number of carbonyl (C=O) groups is 3. The van der Waals surface area contributed by atoms with Gasteiger partial charge in [-0.1, -0.05) is 18.2 Å². The van der Waals surface area contributed by atoms with Crippen LogP contribution in [-0.2, 0) is 19.6 Å². The van der Waals surface area contributed by atoms with Crippen molar-refractivity contribution in [3.05, 3.63) is 65.7 Å². The van der Waals surface area contributed by atoms with Crippen LogP contribution in [0.4, 0.5) is 0 Å². The molecule has 0 spiro atoms. The third-order valence-electron chi connectivity index (χ3n) is 4.48. The Morgan fingerprint density at radius 1 is 0.867 bits per heavy atom. The maximum Gasteiger partial charge on any atom is 0.338 e. The molecular formula is C20H21N3O6S. The van der Waals surface area contributed by atoms with Gasteiger partial charge in [-0.15, -0.1) is 0 Å². The van der Waals surface area contributed by atoms with Gasteiger partial charge in [0.05, 0.1) is 10.5 Å². The van der Waals surface area contributed by atoms with Crippen LogP contribution >= 0.6 is 0 Å². The van der Waals surface area contributed by atoms with E-state index in [0.29, 0.717) is 18.7 Å². The van der Waals surface area contributed by atoms with Gasteiger partial charge in [0.25, 0.3) is 11.8 Å². The van der Waals surface area contributed by atoms with Gasteiger partial charge in [0.1, 0.15) is 0 Å². The Labute approximate surface area is 174 Å². The number of ether oxygens (including phenoxy) is 1. The van der Waals surface area contributed by atoms with Crippen LogP contribution in [-0.4, -0.2) is 50.2 Å². The zero-order valence-electron chi connectivity index (χ0n) is 16.0. The molecule has 0 aromatic heterocycles. The normalized spacial score (nSPS) is 14.1. The van der Waals surface area contributed by atoms with Crippen LogP contribution < -0.4 is 10.9 Å². The molecule has 0 bridgehead atoms. The van der Waals surface area contributed by atoms with Gasteiger partial charge in [-0.3, -0.25) is 20.4 Å². The Bertz CT molecular complexity index is 1020. The maximum absolute atomic E-state index is 12.5. The zero-order chi connectivity index (χ0) is 21.6. The second-order valence-corrected chi connectivity index (χ2v) is 8.52. The van der Waals surface area contributed by atoms with Crippen molar-refractivity contribution < 1.29 is 27.5 Å². The summed E-state index contributed by atoms with van der Waals surface area (Å²) in [6.45, 7) is 0.367. The minimum atomic E-state index is -3.57. The van der Waals surface area contributed by atoms with E-state index >= 15 is 0 Å². The molecule has 1 saturated heterocycles. The van der Waals surface area contributed by atoms with Gasteiger partial charge in [0, 0.05) is 18.7 Å². The fourth-order valence-corrected chi connectivity index (χ4v) is 4.40. The molecule has 2 amide bonds. The molecule has 1 aliphatic heterocycles. The maximum atomic E-state index is 12.5. The molecule has 2 aromatic rings. The van der Waals surface area contributed by atoms with Crippen molar-refractivity contribution in [2.45, 2.75) is 17.7 Å². The first-order valence-electron chi connectivity index (χ1n) is 9.29. The van der Waals surface area contributed by atoms with E-state index in [9.17, 15) is 22.8 Å². The second-order valence-electron chi connectivity index (χ2n) is 6.58. The van der Waals surface area contributed by atoms with Gasteiger partial charge >= 0.3 is 5.97 Å². The first-order valence-corrected chi connectivity index (χ1v) is 10.7. The molecule has 9 nitrogen and oxygen atoms in total. The highest BCUT2D eigenvalue weighted by Crippen LogP contribution is 2.21. The number of carbonyl (C=O) groups excluding carboxylic acids is 3. The van der Waals surface area contributed by atoms with Crippen molar-refractivity contribution in [3.8, 4) is 0 Å². The van der Waals surface area contributed by atoms with Crippen LogP contribution in [0.15, 0.2) is 59.5 Å². The van der Waals surface area contributed by atoms with E-state index in [2.05, 4.69) is 10.9 Å². The molecule has 0 saturated carbocycles. The first kappa shape index (κ1) is 21.5. The van der Waals surface area contributed by atoms with E-state index in [1.54, 1.807) is 30.3 Å². The van der Waals surface area contributed by atoms with E-state index < -0.39 is 34.4 Å². The lowest BCUT2D eigenvalue weighted by molar-refractivity contribution is -0.125. The second kappa shape index (κ2) is 9.51. The quantitative estimate of drug-likeness (QED) is 0.522. The van der Waals surface area contributed by atoms with Crippen LogP contribution in [0.25, 0.3) is 0 Å². The fraction of sp³-hybridized carbons (Fsp3) is 0.250. The third kappa shape index (κ3) is 5.22. The van der Waals surface area contributed by atoms with Crippen molar-refractivity contribution in [1.82, 2.24) is 15.2 Å². The molecule has 0 unspecified atom stereocenters. The van der Waals surface area contributed by atoms with Crippen LogP contribution in [0.5, 0.6) is 0 Å². The van der Waals surface area contributed by atoms with Crippen LogP contribution in [0, 0.1) is 0 Å². The minimum absolute atomic E-state index is 0.0994. The summed E-state index contributed by atoms with van der Waals surface area (Å²) in [6.07, 6.45) is 1.66. The average molecular weight is 431 g/mol. The van der Waals surface area contributed by atoms with Crippen LogP contribution in [0.3, 0.4) is 0 Å². The summed E-state index contributed by atoms with van der Waals surface area (Å²) < 4.78 is 31.3. The number of hydrazine groups is 1. The SMILES string of the molecule is O=C(COC(=O)c1ccc(S(=O)(=O)N2CCCC2)cc1)NNC(=O)c1ccccc1. The Kier molecular flexibility index (Phi) is 6.80. The highest BCUT2D eigenvalue weighted by molar-refractivity contribution is 7.89. The number of rotatable bonds is 6. The number of sulfonamides is 1. The number of nitrogens with zero attached hydrogens (tertiary/aromatic N) is 1. The summed E-state index contributed by atoms with van der Waals surface area (Å²) in [5, 5.41) is 0. The number of nitrogens with one attached hydrogen (secondary N) is 2. The predicted molar refractivity (Wildman–Crippen MR) is 107 cm³/mol. The zero-order valence-corrected chi connectivity index (χ0v) is 16.9. The largest absolute Gasteiger partial charge is 0.452 e. The van der Waals surface area contributed by atoms with Crippen molar-refractivity contribution in [3.63, 3.8) is 0 Å². The lowest BCUT2D eigenvalue weighted by Crippen LogP contribution is -2.43. The van der Waals surface area contributed by atoms with Crippen molar-refractivity contribution >= 4 is 27.8 Å². The number of benzene rings is 2.